The summed E-state index contributed by atoms with van der Waals surface area (Å²) in [5.74, 6) is -3.70. The standard InChI is InChI=1S/C50H60Br2N2O8S2/c1-9-13-17-19-21-29-25-35(63-41(29)51)31-27-33-38-37-34(44(56)53(45(57)39(31)37)47(59)61-49(5,6)23-15-11-3)28-32(36-26-30(42(52)64-36)22-20-18-14-10-2)40(38)46(58)54(43(33)55)48(60)62-50(7,8)24-16-12-4/h25-28H,9-24H2,1-8H3. The first-order valence-corrected chi connectivity index (χ1v) is 26.1. The summed E-state index contributed by atoms with van der Waals surface area (Å²) >= 11 is 10.2. The van der Waals surface area contributed by atoms with Gasteiger partial charge in [-0.25, -0.2) is 9.59 Å². The van der Waals surface area contributed by atoms with Crippen molar-refractivity contribution < 1.29 is 38.2 Å². The van der Waals surface area contributed by atoms with E-state index >= 15 is 9.59 Å². The minimum atomic E-state index is -1.10. The number of benzene rings is 2. The van der Waals surface area contributed by atoms with Gasteiger partial charge in [0.2, 0.25) is 0 Å². The van der Waals surface area contributed by atoms with E-state index in [1.807, 2.05) is 26.0 Å². The third-order valence-electron chi connectivity index (χ3n) is 12.1. The van der Waals surface area contributed by atoms with Gasteiger partial charge in [-0.2, -0.15) is 9.80 Å². The largest absolute Gasteiger partial charge is 0.443 e. The Morgan fingerprint density at radius 3 is 1.22 bits per heavy atom. The smallest absolute Gasteiger partial charge is 0.424 e. The highest BCUT2D eigenvalue weighted by Crippen LogP contribution is 2.50. The van der Waals surface area contributed by atoms with Gasteiger partial charge in [-0.1, -0.05) is 79.1 Å². The Morgan fingerprint density at radius 2 is 0.875 bits per heavy atom. The van der Waals surface area contributed by atoms with E-state index in [-0.39, 0.29) is 33.0 Å². The number of carbonyl (C=O) groups is 6. The first kappa shape index (κ1) is 49.7. The monoisotopic (exact) mass is 1040 g/mol. The molecule has 4 heterocycles. The molecule has 0 saturated carbocycles. The second kappa shape index (κ2) is 20.8. The maximum atomic E-state index is 15.1. The molecule has 0 spiro atoms. The highest BCUT2D eigenvalue weighted by molar-refractivity contribution is 9.11. The Kier molecular flexibility index (Phi) is 16.2. The summed E-state index contributed by atoms with van der Waals surface area (Å²) in [4.78, 5) is 90.9. The Morgan fingerprint density at radius 1 is 0.516 bits per heavy atom. The number of nitrogens with zero attached hydrogens (tertiary/aromatic N) is 2. The van der Waals surface area contributed by atoms with Gasteiger partial charge in [0.05, 0.1) is 18.7 Å². The SMILES string of the molecule is CCCCCCc1cc(-c2cc3c4c(c(-c5cc(CCCCCC)c(Br)s5)cc5c4c2C(=O)N(C(=O)OC(C)(C)CCCC)C5=O)C(=O)N(C(=O)OC(C)(C)CCCC)C3=O)sc1Br. The third-order valence-corrected chi connectivity index (χ3v) is 16.1. The van der Waals surface area contributed by atoms with Gasteiger partial charge in [0, 0.05) is 42.8 Å². The summed E-state index contributed by atoms with van der Waals surface area (Å²) in [6, 6.07) is 7.01. The Hall–Kier alpha value is -3.72. The van der Waals surface area contributed by atoms with Crippen LogP contribution in [0.15, 0.2) is 31.8 Å². The van der Waals surface area contributed by atoms with Crippen LogP contribution in [0.5, 0.6) is 0 Å². The third kappa shape index (κ3) is 10.3. The molecule has 0 N–H and O–H groups in total. The number of amides is 6. The van der Waals surface area contributed by atoms with Crippen molar-refractivity contribution in [3.63, 3.8) is 0 Å². The van der Waals surface area contributed by atoms with E-state index in [0.29, 0.717) is 43.5 Å². The number of halogens is 2. The van der Waals surface area contributed by atoms with Crippen molar-refractivity contribution in [3.8, 4) is 20.9 Å². The molecule has 0 saturated heterocycles. The maximum Gasteiger partial charge on any atom is 0.424 e. The van der Waals surface area contributed by atoms with E-state index in [1.54, 1.807) is 27.7 Å². The molecule has 0 unspecified atom stereocenters. The minimum absolute atomic E-state index is 0.00274. The lowest BCUT2D eigenvalue weighted by Gasteiger charge is -2.34. The number of unbranched alkanes of at least 4 members (excludes halogenated alkanes) is 8. The second-order valence-electron chi connectivity index (χ2n) is 18.2. The van der Waals surface area contributed by atoms with Gasteiger partial charge in [0.1, 0.15) is 11.2 Å². The molecule has 0 aliphatic carbocycles. The first-order valence-electron chi connectivity index (χ1n) is 22.9. The number of imide groups is 6. The molecule has 6 amide bonds. The van der Waals surface area contributed by atoms with Gasteiger partial charge in [-0.3, -0.25) is 19.2 Å². The zero-order valence-electron chi connectivity index (χ0n) is 38.4. The fourth-order valence-corrected chi connectivity index (χ4v) is 12.1. The van der Waals surface area contributed by atoms with Crippen LogP contribution < -0.4 is 0 Å². The molecule has 6 rings (SSSR count). The van der Waals surface area contributed by atoms with Crippen LogP contribution in [0.4, 0.5) is 9.59 Å². The second-order valence-corrected chi connectivity index (χ2v) is 23.0. The summed E-state index contributed by atoms with van der Waals surface area (Å²) in [7, 11) is 0. The lowest BCUT2D eigenvalue weighted by Crippen LogP contribution is -2.49. The Bertz CT molecular complexity index is 2310. The van der Waals surface area contributed by atoms with Crippen molar-refractivity contribution >= 4 is 101 Å². The number of hydrogen-bond donors (Lipinski definition) is 0. The average Bonchev–Trinajstić information content (AvgIpc) is 3.80. The molecule has 2 aromatic heterocycles. The van der Waals surface area contributed by atoms with E-state index in [4.69, 9.17) is 9.47 Å². The van der Waals surface area contributed by atoms with Crippen molar-refractivity contribution in [1.82, 2.24) is 9.80 Å². The van der Waals surface area contributed by atoms with Crippen LogP contribution >= 0.6 is 54.5 Å². The van der Waals surface area contributed by atoms with E-state index in [0.717, 1.165) is 109 Å². The molecular weight excluding hydrogens is 980 g/mol. The van der Waals surface area contributed by atoms with Crippen LogP contribution in [0.25, 0.3) is 31.7 Å². The van der Waals surface area contributed by atoms with Gasteiger partial charge >= 0.3 is 12.2 Å². The van der Waals surface area contributed by atoms with E-state index in [9.17, 15) is 19.2 Å². The highest BCUT2D eigenvalue weighted by atomic mass is 79.9. The van der Waals surface area contributed by atoms with Crippen molar-refractivity contribution in [1.29, 1.82) is 0 Å². The fraction of sp³-hybridized carbons (Fsp3) is 0.520. The molecule has 14 heteroatoms. The van der Waals surface area contributed by atoms with Crippen molar-refractivity contribution in [3.05, 3.63) is 65.2 Å². The van der Waals surface area contributed by atoms with Crippen molar-refractivity contribution in [2.75, 3.05) is 0 Å². The Balaban J connectivity index is 1.64. The molecule has 2 aromatic carbocycles. The van der Waals surface area contributed by atoms with Crippen LogP contribution in [-0.2, 0) is 22.3 Å². The molecular formula is C50H60Br2N2O8S2. The van der Waals surface area contributed by atoms with Gasteiger partial charge in [-0.15, -0.1) is 22.7 Å². The number of thiophene rings is 2. The van der Waals surface area contributed by atoms with E-state index in [2.05, 4.69) is 45.7 Å². The number of carbonyl (C=O) groups excluding carboxylic acids is 6. The molecule has 4 aromatic rings. The van der Waals surface area contributed by atoms with Crippen LogP contribution in [0.3, 0.4) is 0 Å². The lowest BCUT2D eigenvalue weighted by atomic mass is 9.80. The molecule has 0 bridgehead atoms. The molecule has 2 aliphatic rings. The summed E-state index contributed by atoms with van der Waals surface area (Å²) < 4.78 is 13.6. The number of aryl methyl sites for hydroxylation is 2. The average molecular weight is 1040 g/mol. The lowest BCUT2D eigenvalue weighted by molar-refractivity contribution is 0.00735. The number of ether oxygens (including phenoxy) is 2. The van der Waals surface area contributed by atoms with Gasteiger partial charge in [0.25, 0.3) is 23.6 Å². The van der Waals surface area contributed by atoms with Gasteiger partial charge in [-0.05, 0) is 146 Å². The van der Waals surface area contributed by atoms with Crippen LogP contribution in [0.1, 0.15) is 198 Å². The summed E-state index contributed by atoms with van der Waals surface area (Å²) in [6.07, 6.45) is 11.9. The maximum absolute atomic E-state index is 15.1. The first-order chi connectivity index (χ1) is 30.4. The molecule has 64 heavy (non-hydrogen) atoms. The normalized spacial score (nSPS) is 14.0. The predicted molar refractivity (Wildman–Crippen MR) is 263 cm³/mol. The quantitative estimate of drug-likeness (QED) is 0.0632. The van der Waals surface area contributed by atoms with Crippen LogP contribution in [-0.4, -0.2) is 56.8 Å². The molecule has 10 nitrogen and oxygen atoms in total. The fourth-order valence-electron chi connectivity index (χ4n) is 8.56. The number of rotatable bonds is 20. The summed E-state index contributed by atoms with van der Waals surface area (Å²) in [6.45, 7) is 15.4. The molecule has 0 fully saturated rings. The van der Waals surface area contributed by atoms with Crippen LogP contribution in [0.2, 0.25) is 0 Å². The zero-order valence-corrected chi connectivity index (χ0v) is 43.2. The van der Waals surface area contributed by atoms with E-state index < -0.39 is 47.0 Å². The molecule has 344 valence electrons. The van der Waals surface area contributed by atoms with Gasteiger partial charge < -0.3 is 9.47 Å². The highest BCUT2D eigenvalue weighted by Gasteiger charge is 2.48. The molecule has 2 aliphatic heterocycles. The summed E-state index contributed by atoms with van der Waals surface area (Å²) in [5, 5.41) is 0.163. The van der Waals surface area contributed by atoms with Crippen molar-refractivity contribution in [2.24, 2.45) is 0 Å². The summed E-state index contributed by atoms with van der Waals surface area (Å²) in [5.41, 5.74) is 0.558. The van der Waals surface area contributed by atoms with Gasteiger partial charge in [0.15, 0.2) is 0 Å². The minimum Gasteiger partial charge on any atom is -0.443 e. The zero-order chi connectivity index (χ0) is 46.7. The molecule has 0 radical (unpaired) electrons. The topological polar surface area (TPSA) is 127 Å². The number of hydrogen-bond acceptors (Lipinski definition) is 10. The predicted octanol–water partition coefficient (Wildman–Crippen LogP) is 15.5. The van der Waals surface area contributed by atoms with Crippen molar-refractivity contribution in [2.45, 2.75) is 169 Å². The van der Waals surface area contributed by atoms with Crippen LogP contribution in [0, 0.1) is 0 Å². The van der Waals surface area contributed by atoms with E-state index in [1.165, 1.54) is 34.8 Å². The molecule has 0 atom stereocenters. The Labute approximate surface area is 402 Å².